The van der Waals surface area contributed by atoms with Crippen LogP contribution in [-0.2, 0) is 11.2 Å². The molecule has 0 saturated carbocycles. The van der Waals surface area contributed by atoms with Gasteiger partial charge < -0.3 is 9.72 Å². The molecule has 1 aromatic carbocycles. The summed E-state index contributed by atoms with van der Waals surface area (Å²) in [5.74, 6) is 0. The van der Waals surface area contributed by atoms with Gasteiger partial charge in [0.15, 0.2) is 0 Å². The van der Waals surface area contributed by atoms with Crippen molar-refractivity contribution in [3.8, 4) is 11.3 Å². The highest BCUT2D eigenvalue weighted by molar-refractivity contribution is 5.90. The summed E-state index contributed by atoms with van der Waals surface area (Å²) in [6.07, 6.45) is 6.00. The maximum absolute atomic E-state index is 5.43. The van der Waals surface area contributed by atoms with Crippen LogP contribution >= 0.6 is 0 Å². The molecule has 4 heteroatoms. The average Bonchev–Trinajstić information content (AvgIpc) is 3.02. The molecule has 124 valence electrons. The van der Waals surface area contributed by atoms with Crippen LogP contribution in [0.2, 0.25) is 0 Å². The van der Waals surface area contributed by atoms with Crippen molar-refractivity contribution in [3.05, 3.63) is 54.4 Å². The first-order valence-corrected chi connectivity index (χ1v) is 8.72. The van der Waals surface area contributed by atoms with Crippen LogP contribution in [-0.4, -0.2) is 47.7 Å². The SMILES string of the molecule is c1cncc(-c2[nH]c3ccccc3c2CCCN2CCOCC2)c1. The normalized spacial score (nSPS) is 15.8. The average molecular weight is 321 g/mol. The molecule has 0 aliphatic carbocycles. The summed E-state index contributed by atoms with van der Waals surface area (Å²) in [7, 11) is 0. The number of benzene rings is 1. The first kappa shape index (κ1) is 15.4. The van der Waals surface area contributed by atoms with Crippen LogP contribution in [0.15, 0.2) is 48.8 Å². The van der Waals surface area contributed by atoms with Crippen molar-refractivity contribution in [2.45, 2.75) is 12.8 Å². The topological polar surface area (TPSA) is 41.2 Å². The molecule has 0 spiro atoms. The van der Waals surface area contributed by atoms with E-state index in [4.69, 9.17) is 4.74 Å². The number of morpholine rings is 1. The third-order valence-corrected chi connectivity index (χ3v) is 4.77. The molecular formula is C20H23N3O. The zero-order valence-corrected chi connectivity index (χ0v) is 13.9. The standard InChI is InChI=1S/C20H23N3O/c1-2-8-19-17(6-1)18(7-4-10-23-11-13-24-14-12-23)20(22-19)16-5-3-9-21-15-16/h1-3,5-6,8-9,15,22H,4,7,10-14H2. The van der Waals surface area contributed by atoms with Crippen LogP contribution in [0, 0.1) is 0 Å². The number of aromatic amines is 1. The van der Waals surface area contributed by atoms with E-state index < -0.39 is 0 Å². The summed E-state index contributed by atoms with van der Waals surface area (Å²) in [5.41, 5.74) is 4.99. The molecule has 1 saturated heterocycles. The van der Waals surface area contributed by atoms with Gasteiger partial charge in [-0.3, -0.25) is 9.88 Å². The summed E-state index contributed by atoms with van der Waals surface area (Å²) in [5, 5.41) is 1.33. The minimum absolute atomic E-state index is 0.869. The van der Waals surface area contributed by atoms with Crippen molar-refractivity contribution in [2.24, 2.45) is 0 Å². The number of hydrogen-bond donors (Lipinski definition) is 1. The summed E-state index contributed by atoms with van der Waals surface area (Å²) in [6, 6.07) is 12.7. The van der Waals surface area contributed by atoms with Crippen LogP contribution < -0.4 is 0 Å². The Balaban J connectivity index is 1.58. The van der Waals surface area contributed by atoms with Crippen LogP contribution in [0.1, 0.15) is 12.0 Å². The van der Waals surface area contributed by atoms with Gasteiger partial charge in [0, 0.05) is 41.9 Å². The molecule has 4 rings (SSSR count). The second-order valence-corrected chi connectivity index (χ2v) is 6.32. The van der Waals surface area contributed by atoms with Gasteiger partial charge in [-0.2, -0.15) is 0 Å². The molecule has 1 aliphatic heterocycles. The third kappa shape index (κ3) is 3.21. The second-order valence-electron chi connectivity index (χ2n) is 6.32. The molecule has 1 fully saturated rings. The van der Waals surface area contributed by atoms with Gasteiger partial charge in [0.05, 0.1) is 18.9 Å². The first-order valence-electron chi connectivity index (χ1n) is 8.72. The fourth-order valence-corrected chi connectivity index (χ4v) is 3.52. The minimum atomic E-state index is 0.869. The molecule has 1 aliphatic rings. The van der Waals surface area contributed by atoms with Crippen LogP contribution in [0.3, 0.4) is 0 Å². The van der Waals surface area contributed by atoms with Crippen molar-refractivity contribution >= 4 is 10.9 Å². The lowest BCUT2D eigenvalue weighted by molar-refractivity contribution is 0.0375. The van der Waals surface area contributed by atoms with Gasteiger partial charge in [-0.25, -0.2) is 0 Å². The molecule has 4 nitrogen and oxygen atoms in total. The zero-order chi connectivity index (χ0) is 16.2. The molecule has 1 N–H and O–H groups in total. The predicted octanol–water partition coefficient (Wildman–Crippen LogP) is 3.49. The van der Waals surface area contributed by atoms with Crippen molar-refractivity contribution < 1.29 is 4.74 Å². The Hall–Kier alpha value is -2.17. The summed E-state index contributed by atoms with van der Waals surface area (Å²) < 4.78 is 5.43. The number of nitrogens with zero attached hydrogens (tertiary/aromatic N) is 2. The van der Waals surface area contributed by atoms with Crippen LogP contribution in [0.5, 0.6) is 0 Å². The molecule has 0 bridgehead atoms. The lowest BCUT2D eigenvalue weighted by Crippen LogP contribution is -2.36. The Labute approximate surface area is 142 Å². The Bertz CT molecular complexity index is 791. The van der Waals surface area contributed by atoms with E-state index in [9.17, 15) is 0 Å². The van der Waals surface area contributed by atoms with E-state index >= 15 is 0 Å². The Morgan fingerprint density at radius 2 is 1.96 bits per heavy atom. The van der Waals surface area contributed by atoms with Crippen molar-refractivity contribution in [1.29, 1.82) is 0 Å². The predicted molar refractivity (Wildman–Crippen MR) is 97.1 cm³/mol. The highest BCUT2D eigenvalue weighted by Gasteiger charge is 2.14. The number of ether oxygens (including phenoxy) is 1. The van der Waals surface area contributed by atoms with Crippen molar-refractivity contribution in [3.63, 3.8) is 0 Å². The van der Waals surface area contributed by atoms with E-state index in [-0.39, 0.29) is 0 Å². The van der Waals surface area contributed by atoms with E-state index in [0.29, 0.717) is 0 Å². The van der Waals surface area contributed by atoms with Gasteiger partial charge in [-0.05, 0) is 43.1 Å². The minimum Gasteiger partial charge on any atom is -0.379 e. The van der Waals surface area contributed by atoms with Crippen LogP contribution in [0.25, 0.3) is 22.2 Å². The molecule has 2 aromatic heterocycles. The van der Waals surface area contributed by atoms with Crippen LogP contribution in [0.4, 0.5) is 0 Å². The number of pyridine rings is 1. The zero-order valence-electron chi connectivity index (χ0n) is 13.9. The highest BCUT2D eigenvalue weighted by atomic mass is 16.5. The Kier molecular flexibility index (Phi) is 4.58. The Morgan fingerprint density at radius 3 is 2.79 bits per heavy atom. The number of aryl methyl sites for hydroxylation is 1. The number of H-pyrrole nitrogens is 1. The van der Waals surface area contributed by atoms with Gasteiger partial charge in [0.25, 0.3) is 0 Å². The van der Waals surface area contributed by atoms with Gasteiger partial charge in [0.2, 0.25) is 0 Å². The van der Waals surface area contributed by atoms with Gasteiger partial charge in [-0.15, -0.1) is 0 Å². The molecule has 0 amide bonds. The van der Waals surface area contributed by atoms with Gasteiger partial charge >= 0.3 is 0 Å². The summed E-state index contributed by atoms with van der Waals surface area (Å²) in [6.45, 7) is 4.99. The van der Waals surface area contributed by atoms with Crippen molar-refractivity contribution in [1.82, 2.24) is 14.9 Å². The van der Waals surface area contributed by atoms with Gasteiger partial charge in [0.1, 0.15) is 0 Å². The van der Waals surface area contributed by atoms with E-state index in [2.05, 4.69) is 45.2 Å². The summed E-state index contributed by atoms with van der Waals surface area (Å²) in [4.78, 5) is 10.4. The van der Waals surface area contributed by atoms with E-state index in [1.54, 1.807) is 0 Å². The fourth-order valence-electron chi connectivity index (χ4n) is 3.52. The molecule has 0 atom stereocenters. The molecule has 3 heterocycles. The number of hydrogen-bond acceptors (Lipinski definition) is 3. The van der Waals surface area contributed by atoms with E-state index in [0.717, 1.165) is 51.3 Å². The third-order valence-electron chi connectivity index (χ3n) is 4.77. The van der Waals surface area contributed by atoms with Crippen molar-refractivity contribution in [2.75, 3.05) is 32.8 Å². The number of para-hydroxylation sites is 1. The monoisotopic (exact) mass is 321 g/mol. The van der Waals surface area contributed by atoms with Gasteiger partial charge in [-0.1, -0.05) is 18.2 Å². The largest absolute Gasteiger partial charge is 0.379 e. The van der Waals surface area contributed by atoms with E-state index in [1.807, 2.05) is 18.5 Å². The summed E-state index contributed by atoms with van der Waals surface area (Å²) >= 11 is 0. The molecule has 3 aromatic rings. The molecule has 24 heavy (non-hydrogen) atoms. The molecule has 0 radical (unpaired) electrons. The lowest BCUT2D eigenvalue weighted by atomic mass is 10.0. The number of fused-ring (bicyclic) bond motifs is 1. The second kappa shape index (κ2) is 7.16. The van der Waals surface area contributed by atoms with E-state index in [1.165, 1.54) is 22.2 Å². The highest BCUT2D eigenvalue weighted by Crippen LogP contribution is 2.30. The smallest absolute Gasteiger partial charge is 0.0594 e. The fraction of sp³-hybridized carbons (Fsp3) is 0.350. The lowest BCUT2D eigenvalue weighted by Gasteiger charge is -2.26. The molecule has 0 unspecified atom stereocenters. The number of rotatable bonds is 5. The quantitative estimate of drug-likeness (QED) is 0.782. The maximum Gasteiger partial charge on any atom is 0.0594 e. The maximum atomic E-state index is 5.43. The Morgan fingerprint density at radius 1 is 1.08 bits per heavy atom. The first-order chi connectivity index (χ1) is 11.9. The number of aromatic nitrogens is 2. The number of nitrogens with one attached hydrogen (secondary N) is 1. The molecular weight excluding hydrogens is 298 g/mol.